The largest absolute Gasteiger partial charge is 0.355 e. The zero-order chi connectivity index (χ0) is 20.1. The van der Waals surface area contributed by atoms with E-state index in [0.717, 1.165) is 9.90 Å². The number of amides is 1. The fourth-order valence-corrected chi connectivity index (χ4v) is 3.06. The predicted octanol–water partition coefficient (Wildman–Crippen LogP) is 4.25. The van der Waals surface area contributed by atoms with Gasteiger partial charge < -0.3 is 5.32 Å². The minimum absolute atomic E-state index is 0.00107. The first kappa shape index (κ1) is 19.9. The van der Waals surface area contributed by atoms with Gasteiger partial charge in [-0.3, -0.25) is 25.8 Å². The third kappa shape index (κ3) is 4.72. The van der Waals surface area contributed by atoms with Gasteiger partial charge in [0, 0.05) is 13.7 Å². The highest BCUT2D eigenvalue weighted by Crippen LogP contribution is 2.30. The molecule has 2 aromatic carbocycles. The number of nitrogens with one attached hydrogen (secondary N) is 3. The molecule has 3 N–H and O–H groups in total. The molecule has 0 saturated carbocycles. The number of hydrogen-bond acceptors (Lipinski definition) is 7. The Kier molecular flexibility index (Phi) is 6.36. The highest BCUT2D eigenvalue weighted by molar-refractivity contribution is 14.1. The molecule has 0 bridgehead atoms. The molecule has 1 heterocycles. The molecule has 0 spiro atoms. The Morgan fingerprint density at radius 2 is 1.75 bits per heavy atom. The van der Waals surface area contributed by atoms with Crippen molar-refractivity contribution in [2.75, 3.05) is 10.7 Å². The Balaban J connectivity index is 1.83. The van der Waals surface area contributed by atoms with Gasteiger partial charge >= 0.3 is 5.69 Å². The highest BCUT2D eigenvalue weighted by atomic mass is 127. The minimum Gasteiger partial charge on any atom is -0.334 e. The third-order valence-corrected chi connectivity index (χ3v) is 4.94. The molecule has 11 heteroatoms. The molecule has 9 nitrogen and oxygen atoms in total. The lowest BCUT2D eigenvalue weighted by atomic mass is 10.2. The Morgan fingerprint density at radius 1 is 1.07 bits per heavy atom. The van der Waals surface area contributed by atoms with Gasteiger partial charge in [0.25, 0.3) is 5.91 Å². The molecule has 0 aliphatic rings. The van der Waals surface area contributed by atoms with Gasteiger partial charge in [-0.25, -0.2) is 9.97 Å². The van der Waals surface area contributed by atoms with Crippen LogP contribution in [0.4, 0.5) is 23.0 Å². The van der Waals surface area contributed by atoms with Gasteiger partial charge in [-0.05, 0) is 74.9 Å². The van der Waals surface area contributed by atoms with Crippen molar-refractivity contribution in [3.05, 3.63) is 78.6 Å². The van der Waals surface area contributed by atoms with Crippen LogP contribution < -0.4 is 16.2 Å². The van der Waals surface area contributed by atoms with Crippen LogP contribution in [-0.4, -0.2) is 20.8 Å². The summed E-state index contributed by atoms with van der Waals surface area (Å²) in [5, 5.41) is 14.5. The topological polar surface area (TPSA) is 122 Å². The highest BCUT2D eigenvalue weighted by Gasteiger charge is 2.24. The van der Waals surface area contributed by atoms with Crippen LogP contribution in [0.5, 0.6) is 0 Å². The number of benzene rings is 2. The summed E-state index contributed by atoms with van der Waals surface area (Å²) in [5.74, 6) is -0.625. The fraction of sp³-hybridized carbons (Fsp3) is 0. The van der Waals surface area contributed by atoms with Crippen molar-refractivity contribution in [3.8, 4) is 0 Å². The molecule has 0 unspecified atom stereocenters. The van der Waals surface area contributed by atoms with E-state index in [1.54, 1.807) is 36.4 Å². The lowest BCUT2D eigenvalue weighted by Crippen LogP contribution is -2.30. The molecular weight excluding hydrogens is 543 g/mol. The molecular formula is C17H12BrIN6O3. The summed E-state index contributed by atoms with van der Waals surface area (Å²) < 4.78 is 1.62. The molecule has 3 rings (SSSR count). The number of nitrogens with zero attached hydrogens (tertiary/aromatic N) is 3. The first-order chi connectivity index (χ1) is 13.5. The summed E-state index contributed by atoms with van der Waals surface area (Å²) >= 11 is 5.44. The smallest absolute Gasteiger partial charge is 0.334 e. The molecule has 0 saturated heterocycles. The molecule has 0 aliphatic heterocycles. The van der Waals surface area contributed by atoms with Gasteiger partial charge in [0.1, 0.15) is 6.33 Å². The molecule has 28 heavy (non-hydrogen) atoms. The standard InChI is InChI=1S/C17H12BrIN6O3/c18-13-4-2-1-3-12(13)17(26)24-23-16-14(25(27)28)15(20-9-21-16)22-11-7-5-10(19)6-8-11/h1-9H,(H,24,26)(H2,20,21,22,23). The molecule has 0 aliphatic carbocycles. The molecule has 0 atom stereocenters. The number of halogens is 2. The number of aromatic nitrogens is 2. The Morgan fingerprint density at radius 3 is 2.43 bits per heavy atom. The van der Waals surface area contributed by atoms with Gasteiger partial charge in [-0.1, -0.05) is 12.1 Å². The number of rotatable bonds is 6. The first-order valence-corrected chi connectivity index (χ1v) is 9.65. The number of hydrazine groups is 1. The van der Waals surface area contributed by atoms with Crippen molar-refractivity contribution in [2.45, 2.75) is 0 Å². The molecule has 142 valence electrons. The molecule has 0 radical (unpaired) electrons. The third-order valence-electron chi connectivity index (χ3n) is 3.52. The van der Waals surface area contributed by atoms with E-state index in [1.165, 1.54) is 0 Å². The number of carbonyl (C=O) groups is 1. The molecule has 1 aromatic heterocycles. The average Bonchev–Trinajstić information content (AvgIpc) is 2.68. The van der Waals surface area contributed by atoms with E-state index in [-0.39, 0.29) is 11.6 Å². The van der Waals surface area contributed by atoms with Crippen LogP contribution in [0.15, 0.2) is 59.3 Å². The SMILES string of the molecule is O=C(NNc1ncnc(Nc2ccc(I)cc2)c1[N+](=O)[O-])c1ccccc1Br. The predicted molar refractivity (Wildman–Crippen MR) is 116 cm³/mol. The second-order valence-corrected chi connectivity index (χ2v) is 7.47. The van der Waals surface area contributed by atoms with Crippen molar-refractivity contribution in [3.63, 3.8) is 0 Å². The van der Waals surface area contributed by atoms with E-state index >= 15 is 0 Å². The van der Waals surface area contributed by atoms with E-state index in [2.05, 4.69) is 64.7 Å². The van der Waals surface area contributed by atoms with Gasteiger partial charge in [-0.2, -0.15) is 0 Å². The zero-order valence-corrected chi connectivity index (χ0v) is 17.8. The van der Waals surface area contributed by atoms with E-state index in [4.69, 9.17) is 0 Å². The van der Waals surface area contributed by atoms with E-state index in [9.17, 15) is 14.9 Å². The van der Waals surface area contributed by atoms with E-state index < -0.39 is 16.5 Å². The second kappa shape index (κ2) is 8.93. The summed E-state index contributed by atoms with van der Waals surface area (Å²) in [6.45, 7) is 0. The number of hydrogen-bond donors (Lipinski definition) is 3. The second-order valence-electron chi connectivity index (χ2n) is 5.37. The maximum absolute atomic E-state index is 12.3. The van der Waals surface area contributed by atoms with Crippen molar-refractivity contribution < 1.29 is 9.72 Å². The van der Waals surface area contributed by atoms with Crippen LogP contribution in [0.3, 0.4) is 0 Å². The summed E-state index contributed by atoms with van der Waals surface area (Å²) in [7, 11) is 0. The van der Waals surface area contributed by atoms with Crippen LogP contribution in [0.2, 0.25) is 0 Å². The van der Waals surface area contributed by atoms with Crippen molar-refractivity contribution >= 4 is 67.4 Å². The van der Waals surface area contributed by atoms with Gasteiger partial charge in [0.15, 0.2) is 0 Å². The molecule has 3 aromatic rings. The van der Waals surface area contributed by atoms with Crippen LogP contribution in [-0.2, 0) is 0 Å². The summed E-state index contributed by atoms with van der Waals surface area (Å²) in [6.07, 6.45) is 1.16. The van der Waals surface area contributed by atoms with Gasteiger partial charge in [0.2, 0.25) is 11.6 Å². The lowest BCUT2D eigenvalue weighted by Gasteiger charge is -2.11. The zero-order valence-electron chi connectivity index (χ0n) is 14.0. The summed E-state index contributed by atoms with van der Waals surface area (Å²) in [5.41, 5.74) is 5.51. The monoisotopic (exact) mass is 554 g/mol. The maximum atomic E-state index is 12.3. The Bertz CT molecular complexity index is 1030. The fourth-order valence-electron chi connectivity index (χ4n) is 2.23. The molecule has 0 fully saturated rings. The van der Waals surface area contributed by atoms with Crippen molar-refractivity contribution in [1.29, 1.82) is 0 Å². The van der Waals surface area contributed by atoms with Crippen LogP contribution in [0.1, 0.15) is 10.4 Å². The van der Waals surface area contributed by atoms with Crippen LogP contribution >= 0.6 is 38.5 Å². The Hall–Kier alpha value is -2.80. The lowest BCUT2D eigenvalue weighted by molar-refractivity contribution is -0.383. The van der Waals surface area contributed by atoms with Gasteiger partial charge in [-0.15, -0.1) is 0 Å². The minimum atomic E-state index is -0.623. The normalized spacial score (nSPS) is 10.2. The van der Waals surface area contributed by atoms with E-state index in [0.29, 0.717) is 15.7 Å². The maximum Gasteiger partial charge on any atom is 0.355 e. The van der Waals surface area contributed by atoms with Crippen molar-refractivity contribution in [1.82, 2.24) is 15.4 Å². The quantitative estimate of drug-likeness (QED) is 0.236. The van der Waals surface area contributed by atoms with Gasteiger partial charge in [0.05, 0.1) is 10.5 Å². The summed E-state index contributed by atoms with van der Waals surface area (Å²) in [4.78, 5) is 31.1. The average molecular weight is 555 g/mol. The summed E-state index contributed by atoms with van der Waals surface area (Å²) in [6, 6.07) is 14.1. The number of carbonyl (C=O) groups excluding carboxylic acids is 1. The number of nitro groups is 1. The van der Waals surface area contributed by atoms with Crippen LogP contribution in [0, 0.1) is 13.7 Å². The molecule has 1 amide bonds. The van der Waals surface area contributed by atoms with E-state index in [1.807, 2.05) is 12.1 Å². The van der Waals surface area contributed by atoms with Crippen LogP contribution in [0.25, 0.3) is 0 Å². The van der Waals surface area contributed by atoms with Crippen molar-refractivity contribution in [2.24, 2.45) is 0 Å². The Labute approximate surface area is 181 Å². The first-order valence-electron chi connectivity index (χ1n) is 7.78. The number of anilines is 3.